The van der Waals surface area contributed by atoms with Crippen LogP contribution in [-0.4, -0.2) is 15.8 Å². The molecule has 2 aromatic heterocycles. The summed E-state index contributed by atoms with van der Waals surface area (Å²) >= 11 is 0. The molecule has 1 aromatic carbocycles. The number of amides is 1. The van der Waals surface area contributed by atoms with Gasteiger partial charge < -0.3 is 14.2 Å². The van der Waals surface area contributed by atoms with Gasteiger partial charge in [0.1, 0.15) is 0 Å². The molecule has 24 heavy (non-hydrogen) atoms. The predicted octanol–water partition coefficient (Wildman–Crippen LogP) is 3.33. The van der Waals surface area contributed by atoms with E-state index in [0.717, 1.165) is 6.39 Å². The minimum Gasteiger partial charge on any atom is -0.461 e. The van der Waals surface area contributed by atoms with E-state index in [-0.39, 0.29) is 17.1 Å². The summed E-state index contributed by atoms with van der Waals surface area (Å²) in [7, 11) is 0. The van der Waals surface area contributed by atoms with E-state index in [2.05, 4.69) is 10.3 Å². The van der Waals surface area contributed by atoms with Crippen molar-refractivity contribution in [3.8, 4) is 11.5 Å². The second-order valence-electron chi connectivity index (χ2n) is 5.05. The lowest BCUT2D eigenvalue weighted by Gasteiger charge is -2.13. The summed E-state index contributed by atoms with van der Waals surface area (Å²) in [6, 6.07) is 8.96. The zero-order valence-corrected chi connectivity index (χ0v) is 12.6. The number of non-ortho nitro benzene ring substituents is 1. The molecule has 0 spiro atoms. The molecular weight excluding hydrogens is 314 g/mol. The highest BCUT2D eigenvalue weighted by Crippen LogP contribution is 2.24. The lowest BCUT2D eigenvalue weighted by atomic mass is 10.1. The van der Waals surface area contributed by atoms with Gasteiger partial charge >= 0.3 is 0 Å². The van der Waals surface area contributed by atoms with Crippen LogP contribution in [0, 0.1) is 10.1 Å². The summed E-state index contributed by atoms with van der Waals surface area (Å²) < 4.78 is 10.4. The van der Waals surface area contributed by atoms with Crippen LogP contribution in [0.4, 0.5) is 5.69 Å². The van der Waals surface area contributed by atoms with Crippen LogP contribution in [0.25, 0.3) is 11.5 Å². The fraction of sp³-hybridized carbons (Fsp3) is 0.125. The number of oxazole rings is 1. The predicted molar refractivity (Wildman–Crippen MR) is 83.2 cm³/mol. The van der Waals surface area contributed by atoms with Gasteiger partial charge in [0.25, 0.3) is 11.6 Å². The molecule has 1 atom stereocenters. The molecule has 0 radical (unpaired) electrons. The third-order valence-corrected chi connectivity index (χ3v) is 3.46. The highest BCUT2D eigenvalue weighted by atomic mass is 16.6. The van der Waals surface area contributed by atoms with E-state index in [0.29, 0.717) is 11.3 Å². The Bertz CT molecular complexity index is 869. The van der Waals surface area contributed by atoms with Gasteiger partial charge in [0, 0.05) is 12.1 Å². The molecule has 1 N–H and O–H groups in total. The minimum absolute atomic E-state index is 0.0358. The standard InChI is InChI=1S/C16H13N3O5/c1-10(11-4-2-5-12(8-11)19(21)22)18-16(20)14-15(24-9-17-14)13-6-3-7-23-13/h2-10H,1H3,(H,18,20). The van der Waals surface area contributed by atoms with Gasteiger partial charge in [0.05, 0.1) is 17.2 Å². The number of carbonyl (C=O) groups is 1. The molecule has 8 heteroatoms. The van der Waals surface area contributed by atoms with Gasteiger partial charge in [0.2, 0.25) is 5.76 Å². The van der Waals surface area contributed by atoms with E-state index < -0.39 is 16.9 Å². The van der Waals surface area contributed by atoms with Crippen molar-refractivity contribution in [1.82, 2.24) is 10.3 Å². The SMILES string of the molecule is CC(NC(=O)c1ncoc1-c1ccco1)c1cccc([N+](=O)[O-])c1. The molecule has 8 nitrogen and oxygen atoms in total. The van der Waals surface area contributed by atoms with Crippen LogP contribution in [0.2, 0.25) is 0 Å². The smallest absolute Gasteiger partial charge is 0.274 e. The van der Waals surface area contributed by atoms with Crippen molar-refractivity contribution < 1.29 is 18.6 Å². The van der Waals surface area contributed by atoms with Crippen molar-refractivity contribution in [2.45, 2.75) is 13.0 Å². The highest BCUT2D eigenvalue weighted by molar-refractivity contribution is 5.97. The van der Waals surface area contributed by atoms with Crippen molar-refractivity contribution >= 4 is 11.6 Å². The summed E-state index contributed by atoms with van der Waals surface area (Å²) in [5.41, 5.74) is 0.661. The Balaban J connectivity index is 1.79. The topological polar surface area (TPSA) is 111 Å². The Hall–Kier alpha value is -3.42. The lowest BCUT2D eigenvalue weighted by molar-refractivity contribution is -0.384. The second-order valence-corrected chi connectivity index (χ2v) is 5.05. The first-order chi connectivity index (χ1) is 11.6. The number of carbonyl (C=O) groups excluding carboxylic acids is 1. The molecule has 2 heterocycles. The lowest BCUT2D eigenvalue weighted by Crippen LogP contribution is -2.27. The van der Waals surface area contributed by atoms with Gasteiger partial charge in [-0.25, -0.2) is 4.98 Å². The van der Waals surface area contributed by atoms with Gasteiger partial charge in [-0.1, -0.05) is 12.1 Å². The number of nitrogens with one attached hydrogen (secondary N) is 1. The van der Waals surface area contributed by atoms with Crippen LogP contribution in [0.15, 0.2) is 57.9 Å². The van der Waals surface area contributed by atoms with Gasteiger partial charge in [-0.3, -0.25) is 14.9 Å². The number of nitro groups is 1. The molecule has 1 unspecified atom stereocenters. The Morgan fingerprint density at radius 3 is 2.83 bits per heavy atom. The zero-order valence-electron chi connectivity index (χ0n) is 12.6. The number of aromatic nitrogens is 1. The Morgan fingerprint density at radius 2 is 2.12 bits per heavy atom. The molecule has 3 aromatic rings. The zero-order chi connectivity index (χ0) is 17.1. The molecule has 0 saturated carbocycles. The summed E-state index contributed by atoms with van der Waals surface area (Å²) in [4.78, 5) is 26.7. The van der Waals surface area contributed by atoms with Crippen LogP contribution in [0.5, 0.6) is 0 Å². The monoisotopic (exact) mass is 327 g/mol. The first-order valence-electron chi connectivity index (χ1n) is 7.09. The number of hydrogen-bond donors (Lipinski definition) is 1. The van der Waals surface area contributed by atoms with Crippen LogP contribution in [0.3, 0.4) is 0 Å². The van der Waals surface area contributed by atoms with Crippen molar-refractivity contribution in [1.29, 1.82) is 0 Å². The van der Waals surface area contributed by atoms with Crippen LogP contribution >= 0.6 is 0 Å². The van der Waals surface area contributed by atoms with Gasteiger partial charge in [0.15, 0.2) is 17.8 Å². The van der Waals surface area contributed by atoms with Gasteiger partial charge in [-0.2, -0.15) is 0 Å². The van der Waals surface area contributed by atoms with Gasteiger partial charge in [-0.15, -0.1) is 0 Å². The van der Waals surface area contributed by atoms with E-state index in [9.17, 15) is 14.9 Å². The maximum absolute atomic E-state index is 12.4. The van der Waals surface area contributed by atoms with E-state index in [4.69, 9.17) is 8.83 Å². The minimum atomic E-state index is -0.481. The number of furan rings is 1. The number of nitro benzene ring substituents is 1. The van der Waals surface area contributed by atoms with Crippen molar-refractivity contribution in [2.24, 2.45) is 0 Å². The Labute approximate surface area is 136 Å². The fourth-order valence-electron chi connectivity index (χ4n) is 2.25. The molecule has 3 rings (SSSR count). The number of rotatable bonds is 5. The second kappa shape index (κ2) is 6.37. The third-order valence-electron chi connectivity index (χ3n) is 3.46. The van der Waals surface area contributed by atoms with E-state index >= 15 is 0 Å². The van der Waals surface area contributed by atoms with Crippen LogP contribution in [-0.2, 0) is 0 Å². The van der Waals surface area contributed by atoms with E-state index in [1.807, 2.05) is 0 Å². The van der Waals surface area contributed by atoms with E-state index in [1.54, 1.807) is 31.2 Å². The first kappa shape index (κ1) is 15.5. The Kier molecular flexibility index (Phi) is 4.11. The molecule has 0 fully saturated rings. The first-order valence-corrected chi connectivity index (χ1v) is 7.09. The fourth-order valence-corrected chi connectivity index (χ4v) is 2.25. The molecular formula is C16H13N3O5. The molecule has 1 amide bonds. The maximum atomic E-state index is 12.4. The average molecular weight is 327 g/mol. The van der Waals surface area contributed by atoms with Gasteiger partial charge in [-0.05, 0) is 24.6 Å². The molecule has 0 aliphatic heterocycles. The van der Waals surface area contributed by atoms with Crippen molar-refractivity contribution in [3.05, 3.63) is 70.4 Å². The summed E-state index contributed by atoms with van der Waals surface area (Å²) in [5.74, 6) is 0.151. The maximum Gasteiger partial charge on any atom is 0.274 e. The number of nitrogens with zero attached hydrogens (tertiary/aromatic N) is 2. The van der Waals surface area contributed by atoms with E-state index in [1.165, 1.54) is 18.4 Å². The van der Waals surface area contributed by atoms with Crippen molar-refractivity contribution in [2.75, 3.05) is 0 Å². The normalized spacial score (nSPS) is 11.9. The molecule has 122 valence electrons. The largest absolute Gasteiger partial charge is 0.461 e. The van der Waals surface area contributed by atoms with Crippen LogP contribution in [0.1, 0.15) is 29.0 Å². The summed E-state index contributed by atoms with van der Waals surface area (Å²) in [6.07, 6.45) is 2.62. The number of benzene rings is 1. The van der Waals surface area contributed by atoms with Crippen LogP contribution < -0.4 is 5.32 Å². The summed E-state index contributed by atoms with van der Waals surface area (Å²) in [5, 5.41) is 13.6. The quantitative estimate of drug-likeness (QED) is 0.568. The Morgan fingerprint density at radius 1 is 1.29 bits per heavy atom. The molecule has 0 bridgehead atoms. The number of hydrogen-bond acceptors (Lipinski definition) is 6. The molecule has 0 saturated heterocycles. The average Bonchev–Trinajstić information content (AvgIpc) is 3.25. The molecule has 0 aliphatic rings. The summed E-state index contributed by atoms with van der Waals surface area (Å²) in [6.45, 7) is 1.73. The highest BCUT2D eigenvalue weighted by Gasteiger charge is 2.22. The third kappa shape index (κ3) is 3.02. The van der Waals surface area contributed by atoms with Crippen molar-refractivity contribution in [3.63, 3.8) is 0 Å². The molecule has 0 aliphatic carbocycles.